The molecule has 1 amide bonds. The maximum atomic E-state index is 11.9. The number of halogens is 1. The zero-order valence-corrected chi connectivity index (χ0v) is 12.3. The summed E-state index contributed by atoms with van der Waals surface area (Å²) in [6, 6.07) is 12.4. The number of aromatic nitrogens is 1. The fourth-order valence-corrected chi connectivity index (χ4v) is 1.76. The Morgan fingerprint density at radius 1 is 1.32 bits per heavy atom. The van der Waals surface area contributed by atoms with Crippen LogP contribution in [0.15, 0.2) is 60.6 Å². The summed E-state index contributed by atoms with van der Waals surface area (Å²) in [6.07, 6.45) is 4.67. The SMILES string of the molecule is N#C/C(=C/Nc1ccc(Cl)cc1)C(=O)NCc1cccnc1. The van der Waals surface area contributed by atoms with Crippen molar-refractivity contribution >= 4 is 23.2 Å². The van der Waals surface area contributed by atoms with Crippen molar-refractivity contribution in [2.75, 3.05) is 5.32 Å². The number of carbonyl (C=O) groups is 1. The molecule has 0 atom stereocenters. The molecular weight excluding hydrogens is 300 g/mol. The first-order valence-electron chi connectivity index (χ1n) is 6.48. The predicted octanol–water partition coefficient (Wildman–Crippen LogP) is 2.87. The summed E-state index contributed by atoms with van der Waals surface area (Å²) in [7, 11) is 0. The van der Waals surface area contributed by atoms with E-state index >= 15 is 0 Å². The van der Waals surface area contributed by atoms with Gasteiger partial charge in [0.2, 0.25) is 0 Å². The molecule has 22 heavy (non-hydrogen) atoms. The van der Waals surface area contributed by atoms with Gasteiger partial charge in [-0.25, -0.2) is 0 Å². The summed E-state index contributed by atoms with van der Waals surface area (Å²) in [5.74, 6) is -0.451. The number of anilines is 1. The van der Waals surface area contributed by atoms with Crippen molar-refractivity contribution < 1.29 is 4.79 Å². The number of hydrogen-bond acceptors (Lipinski definition) is 4. The molecule has 0 saturated heterocycles. The van der Waals surface area contributed by atoms with E-state index in [2.05, 4.69) is 15.6 Å². The van der Waals surface area contributed by atoms with Gasteiger partial charge < -0.3 is 10.6 Å². The number of nitriles is 1. The van der Waals surface area contributed by atoms with Crippen LogP contribution in [0.4, 0.5) is 5.69 Å². The average Bonchev–Trinajstić information content (AvgIpc) is 2.56. The van der Waals surface area contributed by atoms with Crippen LogP contribution >= 0.6 is 11.6 Å². The Kier molecular flexibility index (Phi) is 5.52. The van der Waals surface area contributed by atoms with Crippen molar-refractivity contribution in [3.05, 3.63) is 71.2 Å². The zero-order valence-electron chi connectivity index (χ0n) is 11.6. The fourth-order valence-electron chi connectivity index (χ4n) is 1.63. The molecule has 0 unspecified atom stereocenters. The summed E-state index contributed by atoms with van der Waals surface area (Å²) < 4.78 is 0. The third-order valence-corrected chi connectivity index (χ3v) is 3.02. The summed E-state index contributed by atoms with van der Waals surface area (Å²) >= 11 is 5.79. The van der Waals surface area contributed by atoms with Gasteiger partial charge in [-0.1, -0.05) is 17.7 Å². The number of amides is 1. The Balaban J connectivity index is 1.95. The molecule has 0 spiro atoms. The second-order valence-corrected chi connectivity index (χ2v) is 4.80. The Labute approximate surface area is 133 Å². The third-order valence-electron chi connectivity index (χ3n) is 2.77. The second-order valence-electron chi connectivity index (χ2n) is 4.36. The highest BCUT2D eigenvalue weighted by atomic mass is 35.5. The van der Waals surface area contributed by atoms with Crippen LogP contribution in [0.5, 0.6) is 0 Å². The van der Waals surface area contributed by atoms with Gasteiger partial charge in [0.25, 0.3) is 5.91 Å². The van der Waals surface area contributed by atoms with E-state index in [1.165, 1.54) is 6.20 Å². The average molecular weight is 313 g/mol. The number of nitrogens with zero attached hydrogens (tertiary/aromatic N) is 2. The van der Waals surface area contributed by atoms with Gasteiger partial charge in [-0.05, 0) is 35.9 Å². The minimum Gasteiger partial charge on any atom is -0.360 e. The van der Waals surface area contributed by atoms with Crippen LogP contribution < -0.4 is 10.6 Å². The van der Waals surface area contributed by atoms with Gasteiger partial charge in [0.05, 0.1) is 0 Å². The standard InChI is InChI=1S/C16H13ClN4O/c17-14-3-5-15(6-4-14)20-11-13(8-18)16(22)21-10-12-2-1-7-19-9-12/h1-7,9,11,20H,10H2,(H,21,22)/b13-11-. The lowest BCUT2D eigenvalue weighted by atomic mass is 10.2. The topological polar surface area (TPSA) is 77.8 Å². The van der Waals surface area contributed by atoms with E-state index in [0.717, 1.165) is 11.3 Å². The highest BCUT2D eigenvalue weighted by Gasteiger charge is 2.08. The number of hydrogen-bond donors (Lipinski definition) is 2. The normalized spacial score (nSPS) is 10.6. The molecule has 0 saturated carbocycles. The lowest BCUT2D eigenvalue weighted by Gasteiger charge is -2.05. The van der Waals surface area contributed by atoms with Crippen LogP contribution in [0, 0.1) is 11.3 Å². The van der Waals surface area contributed by atoms with E-state index in [9.17, 15) is 4.79 Å². The van der Waals surface area contributed by atoms with Crippen LogP contribution in [0.2, 0.25) is 5.02 Å². The summed E-state index contributed by atoms with van der Waals surface area (Å²) in [5, 5.41) is 15.2. The van der Waals surface area contributed by atoms with Gasteiger partial charge >= 0.3 is 0 Å². The summed E-state index contributed by atoms with van der Waals surface area (Å²) in [5.41, 5.74) is 1.58. The molecule has 2 N–H and O–H groups in total. The van der Waals surface area contributed by atoms with Crippen LogP contribution in [0.25, 0.3) is 0 Å². The quantitative estimate of drug-likeness (QED) is 0.657. The molecule has 0 fully saturated rings. The van der Waals surface area contributed by atoms with Gasteiger partial charge in [0, 0.05) is 35.8 Å². The van der Waals surface area contributed by atoms with Gasteiger partial charge in [0.1, 0.15) is 11.6 Å². The zero-order chi connectivity index (χ0) is 15.8. The van der Waals surface area contributed by atoms with E-state index in [4.69, 9.17) is 16.9 Å². The van der Waals surface area contributed by atoms with Crippen molar-refractivity contribution in [2.45, 2.75) is 6.54 Å². The first-order chi connectivity index (χ1) is 10.7. The Morgan fingerprint density at radius 3 is 2.73 bits per heavy atom. The minimum atomic E-state index is -0.451. The van der Waals surface area contributed by atoms with Crippen molar-refractivity contribution in [3.63, 3.8) is 0 Å². The number of benzene rings is 1. The maximum absolute atomic E-state index is 11.9. The van der Waals surface area contributed by atoms with Crippen LogP contribution in [0.3, 0.4) is 0 Å². The molecule has 0 bridgehead atoms. The number of rotatable bonds is 5. The minimum absolute atomic E-state index is 0.0150. The molecule has 0 aliphatic heterocycles. The van der Waals surface area contributed by atoms with Crippen LogP contribution in [-0.2, 0) is 11.3 Å². The van der Waals surface area contributed by atoms with Gasteiger partial charge in [-0.2, -0.15) is 5.26 Å². The molecule has 1 aromatic carbocycles. The van der Waals surface area contributed by atoms with Crippen LogP contribution in [-0.4, -0.2) is 10.9 Å². The second kappa shape index (κ2) is 7.81. The highest BCUT2D eigenvalue weighted by molar-refractivity contribution is 6.30. The molecular formula is C16H13ClN4O. The lowest BCUT2D eigenvalue weighted by Crippen LogP contribution is -2.24. The number of carbonyl (C=O) groups excluding carboxylic acids is 1. The molecule has 0 aliphatic rings. The molecule has 1 heterocycles. The Morgan fingerprint density at radius 2 is 2.09 bits per heavy atom. The van der Waals surface area contributed by atoms with E-state index in [-0.39, 0.29) is 5.57 Å². The molecule has 5 nitrogen and oxygen atoms in total. The fraction of sp³-hybridized carbons (Fsp3) is 0.0625. The molecule has 2 rings (SSSR count). The predicted molar refractivity (Wildman–Crippen MR) is 84.9 cm³/mol. The smallest absolute Gasteiger partial charge is 0.263 e. The molecule has 110 valence electrons. The van der Waals surface area contributed by atoms with Crippen molar-refractivity contribution in [1.29, 1.82) is 5.26 Å². The maximum Gasteiger partial charge on any atom is 0.263 e. The lowest BCUT2D eigenvalue weighted by molar-refractivity contribution is -0.117. The van der Waals surface area contributed by atoms with Crippen molar-refractivity contribution in [3.8, 4) is 6.07 Å². The number of nitrogens with one attached hydrogen (secondary N) is 2. The highest BCUT2D eigenvalue weighted by Crippen LogP contribution is 2.13. The van der Waals surface area contributed by atoms with Gasteiger partial charge in [-0.15, -0.1) is 0 Å². The van der Waals surface area contributed by atoms with E-state index in [0.29, 0.717) is 11.6 Å². The van der Waals surface area contributed by atoms with E-state index < -0.39 is 5.91 Å². The van der Waals surface area contributed by atoms with E-state index in [1.54, 1.807) is 42.7 Å². The van der Waals surface area contributed by atoms with Crippen molar-refractivity contribution in [1.82, 2.24) is 10.3 Å². The Hall–Kier alpha value is -2.84. The molecule has 2 aromatic rings. The molecule has 0 radical (unpaired) electrons. The van der Waals surface area contributed by atoms with Gasteiger partial charge in [-0.3, -0.25) is 9.78 Å². The largest absolute Gasteiger partial charge is 0.360 e. The molecule has 6 heteroatoms. The molecule has 0 aliphatic carbocycles. The third kappa shape index (κ3) is 4.62. The first-order valence-corrected chi connectivity index (χ1v) is 6.86. The summed E-state index contributed by atoms with van der Waals surface area (Å²) in [6.45, 7) is 0.312. The first kappa shape index (κ1) is 15.5. The number of pyridine rings is 1. The van der Waals surface area contributed by atoms with Crippen LogP contribution in [0.1, 0.15) is 5.56 Å². The summed E-state index contributed by atoms with van der Waals surface area (Å²) in [4.78, 5) is 15.9. The molecule has 1 aromatic heterocycles. The Bertz CT molecular complexity index is 705. The monoisotopic (exact) mass is 312 g/mol. The van der Waals surface area contributed by atoms with Gasteiger partial charge in [0.15, 0.2) is 0 Å². The van der Waals surface area contributed by atoms with Crippen molar-refractivity contribution in [2.24, 2.45) is 0 Å². The van der Waals surface area contributed by atoms with E-state index in [1.807, 2.05) is 12.1 Å².